The molecule has 1 N–H and O–H groups in total. The van der Waals surface area contributed by atoms with E-state index in [0.717, 1.165) is 25.9 Å². The number of carbonyl (C=O) groups excluding carboxylic acids is 1. The fourth-order valence-electron chi connectivity index (χ4n) is 4.31. The number of fused-ring (bicyclic) bond motifs is 1. The second-order valence-electron chi connectivity index (χ2n) is 8.92. The van der Waals surface area contributed by atoms with Crippen LogP contribution in [0.25, 0.3) is 22.6 Å². The van der Waals surface area contributed by atoms with Gasteiger partial charge in [0.15, 0.2) is 5.58 Å². The van der Waals surface area contributed by atoms with Crippen molar-refractivity contribution in [1.82, 2.24) is 4.98 Å². The van der Waals surface area contributed by atoms with Crippen LogP contribution in [0.3, 0.4) is 0 Å². The van der Waals surface area contributed by atoms with E-state index in [2.05, 4.69) is 17.2 Å². The predicted octanol–water partition coefficient (Wildman–Crippen LogP) is 7.20. The van der Waals surface area contributed by atoms with E-state index in [4.69, 9.17) is 27.6 Å². The third kappa shape index (κ3) is 4.87. The minimum absolute atomic E-state index is 0.0673. The molecule has 1 aliphatic rings. The molecule has 0 bridgehead atoms. The normalized spacial score (nSPS) is 14.2. The number of oxazole rings is 1. The Morgan fingerprint density at radius 1 is 1.11 bits per heavy atom. The molecule has 36 heavy (non-hydrogen) atoms. The van der Waals surface area contributed by atoms with Gasteiger partial charge in [-0.3, -0.25) is 14.9 Å². The highest BCUT2D eigenvalue weighted by atomic mass is 35.5. The van der Waals surface area contributed by atoms with Crippen molar-refractivity contribution < 1.29 is 14.1 Å². The second-order valence-corrected chi connectivity index (χ2v) is 9.76. The summed E-state index contributed by atoms with van der Waals surface area (Å²) in [5.74, 6) is 0.536. The molecule has 0 unspecified atom stereocenters. The van der Waals surface area contributed by atoms with Crippen molar-refractivity contribution >= 4 is 57.3 Å². The quantitative estimate of drug-likeness (QED) is 0.218. The number of nitro benzene ring substituents is 1. The lowest BCUT2D eigenvalue weighted by Gasteiger charge is -2.31. The fraction of sp³-hybridized carbons (Fsp3) is 0.231. The zero-order chi connectivity index (χ0) is 25.4. The Morgan fingerprint density at radius 3 is 2.53 bits per heavy atom. The first kappa shape index (κ1) is 24.1. The Hall–Kier alpha value is -3.62. The molecule has 0 saturated carbocycles. The van der Waals surface area contributed by atoms with Gasteiger partial charge in [0, 0.05) is 41.0 Å². The fourth-order valence-corrected chi connectivity index (χ4v) is 4.83. The van der Waals surface area contributed by atoms with E-state index in [1.807, 2.05) is 4.90 Å². The van der Waals surface area contributed by atoms with Gasteiger partial charge < -0.3 is 14.6 Å². The van der Waals surface area contributed by atoms with Gasteiger partial charge in [0.2, 0.25) is 5.89 Å². The zero-order valence-electron chi connectivity index (χ0n) is 19.3. The van der Waals surface area contributed by atoms with Crippen LogP contribution in [0.15, 0.2) is 59.0 Å². The molecule has 1 amide bonds. The summed E-state index contributed by atoms with van der Waals surface area (Å²) in [6, 6.07) is 14.8. The van der Waals surface area contributed by atoms with Gasteiger partial charge in [0.05, 0.1) is 9.95 Å². The second kappa shape index (κ2) is 9.79. The van der Waals surface area contributed by atoms with Crippen molar-refractivity contribution in [3.05, 3.63) is 80.3 Å². The van der Waals surface area contributed by atoms with E-state index in [9.17, 15) is 14.9 Å². The van der Waals surface area contributed by atoms with Crippen LogP contribution in [0, 0.1) is 16.0 Å². The van der Waals surface area contributed by atoms with Crippen LogP contribution in [-0.2, 0) is 0 Å². The summed E-state index contributed by atoms with van der Waals surface area (Å²) in [6.45, 7) is 3.71. The maximum Gasteiger partial charge on any atom is 0.293 e. The van der Waals surface area contributed by atoms with Crippen molar-refractivity contribution in [2.75, 3.05) is 23.3 Å². The number of hydrogen-bond acceptors (Lipinski definition) is 6. The number of nitrogens with zero attached hydrogens (tertiary/aromatic N) is 3. The molecule has 0 spiro atoms. The molecule has 10 heteroatoms. The number of nitro groups is 1. The lowest BCUT2D eigenvalue weighted by molar-refractivity contribution is -0.384. The first-order chi connectivity index (χ1) is 17.3. The van der Waals surface area contributed by atoms with E-state index in [-0.39, 0.29) is 11.3 Å². The molecular weight excluding hydrogens is 503 g/mol. The van der Waals surface area contributed by atoms with Gasteiger partial charge in [0.25, 0.3) is 11.6 Å². The Kier molecular flexibility index (Phi) is 6.55. The number of amides is 1. The van der Waals surface area contributed by atoms with Crippen LogP contribution in [0.2, 0.25) is 10.0 Å². The first-order valence-electron chi connectivity index (χ1n) is 11.5. The summed E-state index contributed by atoms with van der Waals surface area (Å²) in [4.78, 5) is 30.6. The topological polar surface area (TPSA) is 102 Å². The van der Waals surface area contributed by atoms with Gasteiger partial charge >= 0.3 is 0 Å². The Labute approximate surface area is 217 Å². The molecule has 3 aromatic carbocycles. The van der Waals surface area contributed by atoms with Gasteiger partial charge in [-0.15, -0.1) is 0 Å². The van der Waals surface area contributed by atoms with E-state index >= 15 is 0 Å². The van der Waals surface area contributed by atoms with Gasteiger partial charge in [-0.25, -0.2) is 4.98 Å². The highest BCUT2D eigenvalue weighted by molar-refractivity contribution is 6.38. The van der Waals surface area contributed by atoms with Gasteiger partial charge in [-0.05, 0) is 67.3 Å². The SMILES string of the molecule is CC1CCN(c2ccc(C(=O)Nc3ccc(-c4nc5cc(Cl)cc(Cl)c5o4)cc3)cc2[N+](=O)[O-])CC1. The summed E-state index contributed by atoms with van der Waals surface area (Å²) in [7, 11) is 0. The van der Waals surface area contributed by atoms with Crippen LogP contribution in [-0.4, -0.2) is 28.9 Å². The molecule has 4 aromatic rings. The summed E-state index contributed by atoms with van der Waals surface area (Å²) in [5.41, 5.74) is 2.90. The van der Waals surface area contributed by atoms with Crippen LogP contribution in [0.1, 0.15) is 30.1 Å². The molecule has 0 aliphatic carbocycles. The standard InChI is InChI=1S/C26H22Cl2N4O4/c1-15-8-10-31(11-9-15)22-7-4-17(12-23(22)32(34)35)25(33)29-19-5-2-16(3-6-19)26-30-21-14-18(27)13-20(28)24(21)36-26/h2-7,12-15H,8-11H2,1H3,(H,29,33). The molecule has 5 rings (SSSR count). The Bertz CT molecular complexity index is 1460. The summed E-state index contributed by atoms with van der Waals surface area (Å²) >= 11 is 12.2. The number of carbonyl (C=O) groups is 1. The Morgan fingerprint density at radius 2 is 1.83 bits per heavy atom. The number of aromatic nitrogens is 1. The van der Waals surface area contributed by atoms with E-state index in [1.165, 1.54) is 6.07 Å². The third-order valence-electron chi connectivity index (χ3n) is 6.36. The molecule has 1 aromatic heterocycles. The molecule has 1 saturated heterocycles. The minimum atomic E-state index is -0.437. The smallest absolute Gasteiger partial charge is 0.293 e. The molecular formula is C26H22Cl2N4O4. The van der Waals surface area contributed by atoms with Crippen molar-refractivity contribution in [2.24, 2.45) is 5.92 Å². The van der Waals surface area contributed by atoms with Gasteiger partial charge in [0.1, 0.15) is 11.2 Å². The average Bonchev–Trinajstić information content (AvgIpc) is 3.29. The molecule has 0 atom stereocenters. The van der Waals surface area contributed by atoms with Crippen molar-refractivity contribution in [1.29, 1.82) is 0 Å². The van der Waals surface area contributed by atoms with Crippen LogP contribution in [0.5, 0.6) is 0 Å². The van der Waals surface area contributed by atoms with E-state index in [1.54, 1.807) is 48.5 Å². The molecule has 2 heterocycles. The van der Waals surface area contributed by atoms with Crippen LogP contribution < -0.4 is 10.2 Å². The van der Waals surface area contributed by atoms with Crippen molar-refractivity contribution in [2.45, 2.75) is 19.8 Å². The van der Waals surface area contributed by atoms with Crippen LogP contribution >= 0.6 is 23.2 Å². The number of anilines is 2. The maximum atomic E-state index is 12.9. The number of benzene rings is 3. The Balaban J connectivity index is 1.33. The molecule has 184 valence electrons. The van der Waals surface area contributed by atoms with Crippen molar-refractivity contribution in [3.63, 3.8) is 0 Å². The highest BCUT2D eigenvalue weighted by Gasteiger charge is 2.25. The molecule has 1 fully saturated rings. The molecule has 8 nitrogen and oxygen atoms in total. The number of hydrogen-bond donors (Lipinski definition) is 1. The number of piperidine rings is 1. The van der Waals surface area contributed by atoms with Crippen molar-refractivity contribution in [3.8, 4) is 11.5 Å². The summed E-state index contributed by atoms with van der Waals surface area (Å²) in [5, 5.41) is 15.4. The lowest BCUT2D eigenvalue weighted by atomic mass is 9.98. The van der Waals surface area contributed by atoms with Crippen LogP contribution in [0.4, 0.5) is 17.1 Å². The minimum Gasteiger partial charge on any atom is -0.435 e. The average molecular weight is 525 g/mol. The summed E-state index contributed by atoms with van der Waals surface area (Å²) < 4.78 is 5.78. The number of halogens is 2. The highest BCUT2D eigenvalue weighted by Crippen LogP contribution is 2.34. The largest absolute Gasteiger partial charge is 0.435 e. The van der Waals surface area contributed by atoms with E-state index < -0.39 is 10.8 Å². The predicted molar refractivity (Wildman–Crippen MR) is 141 cm³/mol. The number of rotatable bonds is 5. The monoisotopic (exact) mass is 524 g/mol. The van der Waals surface area contributed by atoms with E-state index in [0.29, 0.717) is 49.9 Å². The third-order valence-corrected chi connectivity index (χ3v) is 6.86. The number of nitrogens with one attached hydrogen (secondary N) is 1. The van der Waals surface area contributed by atoms with Gasteiger partial charge in [-0.2, -0.15) is 0 Å². The first-order valence-corrected chi connectivity index (χ1v) is 12.2. The summed E-state index contributed by atoms with van der Waals surface area (Å²) in [6.07, 6.45) is 1.97. The molecule has 1 aliphatic heterocycles. The zero-order valence-corrected chi connectivity index (χ0v) is 20.8. The lowest BCUT2D eigenvalue weighted by Crippen LogP contribution is -2.33. The maximum absolute atomic E-state index is 12.9. The van der Waals surface area contributed by atoms with Gasteiger partial charge in [-0.1, -0.05) is 30.1 Å². The molecule has 0 radical (unpaired) electrons.